The van der Waals surface area contributed by atoms with E-state index < -0.39 is 0 Å². The second kappa shape index (κ2) is 14.0. The van der Waals surface area contributed by atoms with E-state index in [0.717, 1.165) is 12.2 Å². The predicted molar refractivity (Wildman–Crippen MR) is 76.4 cm³/mol. The zero-order valence-corrected chi connectivity index (χ0v) is 15.2. The van der Waals surface area contributed by atoms with Gasteiger partial charge in [-0.15, -0.1) is 11.5 Å². The molecule has 0 aliphatic heterocycles. The van der Waals surface area contributed by atoms with Crippen LogP contribution in [0.4, 0.5) is 0 Å². The maximum atomic E-state index is 10.8. The minimum atomic E-state index is -0.161. The molecule has 0 aliphatic rings. The van der Waals surface area contributed by atoms with Crippen molar-refractivity contribution < 1.29 is 40.2 Å². The zero-order valence-electron chi connectivity index (χ0n) is 13.7. The van der Waals surface area contributed by atoms with Crippen LogP contribution >= 0.6 is 0 Å². The molecular weight excluding hydrogens is 363 g/mol. The molecule has 0 saturated carbocycles. The van der Waals surface area contributed by atoms with Crippen molar-refractivity contribution in [1.82, 2.24) is 0 Å². The van der Waals surface area contributed by atoms with E-state index in [1.807, 2.05) is 27.7 Å². The molecule has 0 aromatic rings. The van der Waals surface area contributed by atoms with Crippen molar-refractivity contribution in [3.05, 3.63) is 23.7 Å². The van der Waals surface area contributed by atoms with E-state index in [-0.39, 0.29) is 43.5 Å². The Hall–Kier alpha value is -0.918. The van der Waals surface area contributed by atoms with Crippen LogP contribution in [0.5, 0.6) is 0 Å². The third kappa shape index (κ3) is 24.5. The molecule has 0 saturated heterocycles. The van der Waals surface area contributed by atoms with Gasteiger partial charge in [-0.05, 0) is 50.7 Å². The first kappa shape index (κ1) is 25.1. The summed E-state index contributed by atoms with van der Waals surface area (Å²) in [7, 11) is 0. The molecule has 0 bridgehead atoms. The Morgan fingerprint density at radius 1 is 0.810 bits per heavy atom. The molecule has 0 spiro atoms. The first-order chi connectivity index (χ1) is 9.04. The molecule has 0 N–H and O–H groups in total. The Morgan fingerprint density at radius 3 is 1.19 bits per heavy atom. The number of ketones is 2. The molecule has 0 aromatic carbocycles. The van der Waals surface area contributed by atoms with Gasteiger partial charge in [0.15, 0.2) is 11.6 Å². The van der Waals surface area contributed by atoms with Crippen molar-refractivity contribution >= 4 is 11.6 Å². The van der Waals surface area contributed by atoms with E-state index in [1.165, 1.54) is 13.8 Å². The van der Waals surface area contributed by atoms with Crippen LogP contribution in [-0.2, 0) is 30.0 Å². The molecule has 0 atom stereocenters. The van der Waals surface area contributed by atoms with Crippen LogP contribution in [0.1, 0.15) is 54.4 Å². The molecule has 4 nitrogen and oxygen atoms in total. The van der Waals surface area contributed by atoms with Crippen LogP contribution in [0, 0.1) is 11.8 Å². The Kier molecular flexibility index (Phi) is 16.8. The summed E-state index contributed by atoms with van der Waals surface area (Å²) in [4.78, 5) is 20.7. The number of hydrogen-bond acceptors (Lipinski definition) is 4. The predicted octanol–water partition coefficient (Wildman–Crippen LogP) is 1.73. The van der Waals surface area contributed by atoms with Gasteiger partial charge in [0.05, 0.1) is 0 Å². The average molecular weight is 389 g/mol. The molecular formula is C16H26O4Pd. The minimum absolute atomic E-state index is 0. The van der Waals surface area contributed by atoms with Gasteiger partial charge in [0, 0.05) is 0 Å². The maximum absolute atomic E-state index is 10.8. The molecule has 0 aliphatic carbocycles. The van der Waals surface area contributed by atoms with Crippen LogP contribution in [0.15, 0.2) is 23.7 Å². The summed E-state index contributed by atoms with van der Waals surface area (Å²) in [6, 6.07) is 0. The Bertz CT molecular complexity index is 332. The molecule has 21 heavy (non-hydrogen) atoms. The number of rotatable bonds is 6. The minimum Gasteiger partial charge on any atom is -0.875 e. The molecule has 124 valence electrons. The zero-order chi connectivity index (χ0) is 16.3. The molecule has 0 fully saturated rings. The second-order valence-electron chi connectivity index (χ2n) is 5.64. The summed E-state index contributed by atoms with van der Waals surface area (Å²) in [5, 5.41) is 21.6. The van der Waals surface area contributed by atoms with Crippen molar-refractivity contribution in [2.45, 2.75) is 54.4 Å². The number of hydrogen-bond donors (Lipinski definition) is 0. The fourth-order valence-corrected chi connectivity index (χ4v) is 1.38. The van der Waals surface area contributed by atoms with Crippen molar-refractivity contribution in [2.75, 3.05) is 0 Å². The topological polar surface area (TPSA) is 80.3 Å². The van der Waals surface area contributed by atoms with E-state index in [9.17, 15) is 19.8 Å². The summed E-state index contributed by atoms with van der Waals surface area (Å²) < 4.78 is 0. The number of allylic oxidation sites excluding steroid dienone is 4. The molecule has 0 aromatic heterocycles. The molecule has 0 radical (unpaired) electrons. The summed E-state index contributed by atoms with van der Waals surface area (Å²) in [6.07, 6.45) is 3.25. The summed E-state index contributed by atoms with van der Waals surface area (Å²) in [6.45, 7) is 10.6. The summed E-state index contributed by atoms with van der Waals surface area (Å²) in [5.41, 5.74) is 0. The third-order valence-electron chi connectivity index (χ3n) is 1.95. The first-order valence-electron chi connectivity index (χ1n) is 6.80. The van der Waals surface area contributed by atoms with Gasteiger partial charge in [0.1, 0.15) is 0 Å². The van der Waals surface area contributed by atoms with E-state index in [1.54, 1.807) is 0 Å². The van der Waals surface area contributed by atoms with Gasteiger partial charge in [0.2, 0.25) is 0 Å². The quantitative estimate of drug-likeness (QED) is 0.394. The Labute approximate surface area is 142 Å². The standard InChI is InChI=1S/2C8H14O2.Pd/c2*1-6(2)4-8(10)5-7(3)9;/h2*5-6,10H,4H2,1-3H3;/q;;+2/p-2. The van der Waals surface area contributed by atoms with E-state index in [0.29, 0.717) is 24.7 Å². The van der Waals surface area contributed by atoms with Crippen molar-refractivity contribution in [2.24, 2.45) is 11.8 Å². The third-order valence-corrected chi connectivity index (χ3v) is 1.95. The Morgan fingerprint density at radius 2 is 1.05 bits per heavy atom. The molecule has 5 heteroatoms. The van der Waals surface area contributed by atoms with Crippen LogP contribution in [0.25, 0.3) is 0 Å². The van der Waals surface area contributed by atoms with Gasteiger partial charge in [0.25, 0.3) is 0 Å². The second-order valence-corrected chi connectivity index (χ2v) is 5.64. The van der Waals surface area contributed by atoms with Crippen molar-refractivity contribution in [1.29, 1.82) is 0 Å². The molecule has 0 unspecified atom stereocenters. The van der Waals surface area contributed by atoms with Gasteiger partial charge in [-0.1, -0.05) is 27.7 Å². The largest absolute Gasteiger partial charge is 2.00 e. The van der Waals surface area contributed by atoms with Crippen LogP contribution in [0.3, 0.4) is 0 Å². The SMILES string of the molecule is CC(=O)C=C([O-])CC(C)C.CC(=O)C=C([O-])CC(C)C.[Pd+2]. The normalized spacial score (nSPS) is 11.6. The average Bonchev–Trinajstić information content (AvgIpc) is 2.11. The maximum Gasteiger partial charge on any atom is 2.00 e. The van der Waals surface area contributed by atoms with Gasteiger partial charge < -0.3 is 10.2 Å². The molecule has 0 amide bonds. The van der Waals surface area contributed by atoms with Gasteiger partial charge >= 0.3 is 20.4 Å². The van der Waals surface area contributed by atoms with E-state index >= 15 is 0 Å². The summed E-state index contributed by atoms with van der Waals surface area (Å²) in [5.74, 6) is 0.215. The smallest absolute Gasteiger partial charge is 0.875 e. The van der Waals surface area contributed by atoms with Gasteiger partial charge in [-0.2, -0.15) is 0 Å². The van der Waals surface area contributed by atoms with Crippen LogP contribution < -0.4 is 10.2 Å². The fourth-order valence-electron chi connectivity index (χ4n) is 1.38. The van der Waals surface area contributed by atoms with Crippen LogP contribution in [0.2, 0.25) is 0 Å². The van der Waals surface area contributed by atoms with Crippen molar-refractivity contribution in [3.8, 4) is 0 Å². The van der Waals surface area contributed by atoms with Gasteiger partial charge in [-0.3, -0.25) is 9.59 Å². The first-order valence-corrected chi connectivity index (χ1v) is 6.80. The van der Waals surface area contributed by atoms with Gasteiger partial charge in [-0.25, -0.2) is 0 Å². The number of carbonyl (C=O) groups excluding carboxylic acids is 2. The summed E-state index contributed by atoms with van der Waals surface area (Å²) >= 11 is 0. The monoisotopic (exact) mass is 388 g/mol. The van der Waals surface area contributed by atoms with E-state index in [4.69, 9.17) is 0 Å². The fraction of sp³-hybridized carbons (Fsp3) is 0.625. The van der Waals surface area contributed by atoms with Crippen molar-refractivity contribution in [3.63, 3.8) is 0 Å². The Balaban J connectivity index is -0.000000295. The van der Waals surface area contributed by atoms with Crippen LogP contribution in [-0.4, -0.2) is 11.6 Å². The van der Waals surface area contributed by atoms with E-state index in [2.05, 4.69) is 0 Å². The molecule has 0 heterocycles. The molecule has 0 rings (SSSR count). The number of carbonyl (C=O) groups is 2.